The van der Waals surface area contributed by atoms with Crippen LogP contribution >= 0.6 is 11.5 Å². The Morgan fingerprint density at radius 1 is 1.40 bits per heavy atom. The number of amides is 1. The van der Waals surface area contributed by atoms with Crippen LogP contribution < -0.4 is 5.32 Å². The molecule has 0 bridgehead atoms. The van der Waals surface area contributed by atoms with E-state index >= 15 is 0 Å². The molecule has 1 amide bonds. The number of rotatable bonds is 5. The Hall–Kier alpha value is -2.26. The summed E-state index contributed by atoms with van der Waals surface area (Å²) in [6, 6.07) is 9.19. The van der Waals surface area contributed by atoms with Gasteiger partial charge in [-0.3, -0.25) is 4.79 Å². The molecule has 0 saturated heterocycles. The number of nitriles is 1. The minimum Gasteiger partial charge on any atom is -0.347 e. The van der Waals surface area contributed by atoms with Gasteiger partial charge in [-0.2, -0.15) is 5.26 Å². The number of hydrogen-bond donors (Lipinski definition) is 1. The van der Waals surface area contributed by atoms with Crippen molar-refractivity contribution >= 4 is 17.4 Å². The minimum atomic E-state index is -0.146. The molecule has 0 radical (unpaired) electrons. The van der Waals surface area contributed by atoms with Crippen LogP contribution in [0.2, 0.25) is 0 Å². The fourth-order valence-electron chi connectivity index (χ4n) is 1.74. The molecule has 5 nitrogen and oxygen atoms in total. The third-order valence-corrected chi connectivity index (χ3v) is 3.55. The minimum absolute atomic E-state index is 0.146. The van der Waals surface area contributed by atoms with Crippen molar-refractivity contribution in [2.75, 3.05) is 0 Å². The molecule has 0 fully saturated rings. The van der Waals surface area contributed by atoms with E-state index in [9.17, 15) is 4.79 Å². The first-order valence-electron chi connectivity index (χ1n) is 6.33. The molecule has 102 valence electrons. The van der Waals surface area contributed by atoms with Gasteiger partial charge in [0.2, 0.25) is 0 Å². The Balaban J connectivity index is 1.97. The predicted molar refractivity (Wildman–Crippen MR) is 76.2 cm³/mol. The first-order valence-corrected chi connectivity index (χ1v) is 7.10. The zero-order valence-corrected chi connectivity index (χ0v) is 11.9. The van der Waals surface area contributed by atoms with Crippen molar-refractivity contribution in [3.8, 4) is 6.07 Å². The predicted octanol–water partition coefficient (Wildman–Crippen LogP) is 2.29. The van der Waals surface area contributed by atoms with Crippen LogP contribution in [0.5, 0.6) is 0 Å². The van der Waals surface area contributed by atoms with Crippen LogP contribution in [0.1, 0.15) is 39.8 Å². The largest absolute Gasteiger partial charge is 0.347 e. The van der Waals surface area contributed by atoms with Gasteiger partial charge in [0.25, 0.3) is 5.91 Å². The number of carbonyl (C=O) groups excluding carboxylic acids is 1. The quantitative estimate of drug-likeness (QED) is 0.914. The van der Waals surface area contributed by atoms with Crippen molar-refractivity contribution in [1.29, 1.82) is 5.26 Å². The summed E-state index contributed by atoms with van der Waals surface area (Å²) >= 11 is 1.12. The van der Waals surface area contributed by atoms with Crippen LogP contribution in [0.4, 0.5) is 0 Å². The van der Waals surface area contributed by atoms with E-state index in [-0.39, 0.29) is 5.91 Å². The smallest absolute Gasteiger partial charge is 0.265 e. The number of hydrogen-bond acceptors (Lipinski definition) is 5. The monoisotopic (exact) mass is 286 g/mol. The molecule has 2 aromatic rings. The van der Waals surface area contributed by atoms with E-state index in [1.54, 1.807) is 12.1 Å². The molecule has 1 N–H and O–H groups in total. The molecule has 1 aromatic carbocycles. The van der Waals surface area contributed by atoms with Gasteiger partial charge in [0.15, 0.2) is 0 Å². The molecular weight excluding hydrogens is 272 g/mol. The molecule has 2 rings (SSSR count). The van der Waals surface area contributed by atoms with Gasteiger partial charge in [-0.25, -0.2) is 0 Å². The van der Waals surface area contributed by atoms with Crippen LogP contribution in [-0.2, 0) is 13.0 Å². The van der Waals surface area contributed by atoms with E-state index in [0.717, 1.165) is 35.6 Å². The normalized spacial score (nSPS) is 10.0. The highest BCUT2D eigenvalue weighted by Crippen LogP contribution is 2.12. The first kappa shape index (κ1) is 14.2. The third kappa shape index (κ3) is 3.39. The second-order valence-corrected chi connectivity index (χ2v) is 5.04. The Morgan fingerprint density at radius 2 is 2.15 bits per heavy atom. The lowest BCUT2D eigenvalue weighted by atomic mass is 10.1. The highest BCUT2D eigenvalue weighted by atomic mass is 32.1. The maximum absolute atomic E-state index is 12.1. The Morgan fingerprint density at radius 3 is 2.80 bits per heavy atom. The van der Waals surface area contributed by atoms with Crippen LogP contribution in [0.25, 0.3) is 0 Å². The molecule has 6 heteroatoms. The van der Waals surface area contributed by atoms with Crippen molar-refractivity contribution < 1.29 is 4.79 Å². The van der Waals surface area contributed by atoms with Crippen LogP contribution in [0.3, 0.4) is 0 Å². The fourth-order valence-corrected chi connectivity index (χ4v) is 2.37. The van der Waals surface area contributed by atoms with E-state index in [1.807, 2.05) is 19.1 Å². The van der Waals surface area contributed by atoms with Gasteiger partial charge in [0, 0.05) is 6.54 Å². The maximum atomic E-state index is 12.1. The van der Waals surface area contributed by atoms with Gasteiger partial charge in [-0.1, -0.05) is 30.0 Å². The van der Waals surface area contributed by atoms with Crippen molar-refractivity contribution in [2.24, 2.45) is 0 Å². The summed E-state index contributed by atoms with van der Waals surface area (Å²) in [6.07, 6.45) is 1.69. The molecule has 0 aliphatic carbocycles. The average Bonchev–Trinajstić information content (AvgIpc) is 2.94. The average molecular weight is 286 g/mol. The second-order valence-electron chi connectivity index (χ2n) is 4.29. The Labute approximate surface area is 121 Å². The molecule has 0 atom stereocenters. The van der Waals surface area contributed by atoms with E-state index in [0.29, 0.717) is 17.0 Å². The van der Waals surface area contributed by atoms with Crippen molar-refractivity contribution in [3.63, 3.8) is 0 Å². The van der Waals surface area contributed by atoms with Gasteiger partial charge < -0.3 is 5.32 Å². The molecule has 0 saturated carbocycles. The lowest BCUT2D eigenvalue weighted by molar-refractivity contribution is 0.0954. The number of benzene rings is 1. The maximum Gasteiger partial charge on any atom is 0.265 e. The summed E-state index contributed by atoms with van der Waals surface area (Å²) in [7, 11) is 0. The zero-order chi connectivity index (χ0) is 14.4. The number of nitrogens with zero attached hydrogens (tertiary/aromatic N) is 3. The van der Waals surface area contributed by atoms with Gasteiger partial charge >= 0.3 is 0 Å². The molecule has 0 unspecified atom stereocenters. The summed E-state index contributed by atoms with van der Waals surface area (Å²) in [6.45, 7) is 2.46. The zero-order valence-electron chi connectivity index (χ0n) is 11.1. The number of carbonyl (C=O) groups is 1. The highest BCUT2D eigenvalue weighted by Gasteiger charge is 2.15. The van der Waals surface area contributed by atoms with E-state index in [2.05, 4.69) is 21.0 Å². The molecule has 0 aliphatic rings. The molecule has 1 heterocycles. The number of aromatic nitrogens is 2. The van der Waals surface area contributed by atoms with E-state index in [4.69, 9.17) is 5.26 Å². The molecule has 0 spiro atoms. The SMILES string of the molecule is CCCc1nnsc1C(=O)NCc1ccc(C#N)cc1. The summed E-state index contributed by atoms with van der Waals surface area (Å²) in [5.41, 5.74) is 2.32. The lowest BCUT2D eigenvalue weighted by Gasteiger charge is -2.04. The molecule has 0 aliphatic heterocycles. The Kier molecular flexibility index (Phi) is 4.80. The third-order valence-electron chi connectivity index (χ3n) is 2.78. The number of nitrogens with one attached hydrogen (secondary N) is 1. The number of aryl methyl sites for hydroxylation is 1. The van der Waals surface area contributed by atoms with Crippen LogP contribution in [-0.4, -0.2) is 15.5 Å². The molecule has 1 aromatic heterocycles. The summed E-state index contributed by atoms with van der Waals surface area (Å²) in [5.74, 6) is -0.146. The molecular formula is C14H14N4OS. The lowest BCUT2D eigenvalue weighted by Crippen LogP contribution is -2.23. The van der Waals surface area contributed by atoms with Crippen molar-refractivity contribution in [3.05, 3.63) is 46.0 Å². The summed E-state index contributed by atoms with van der Waals surface area (Å²) < 4.78 is 3.83. The Bertz CT molecular complexity index is 627. The van der Waals surface area contributed by atoms with Gasteiger partial charge in [-0.05, 0) is 35.6 Å². The molecule has 20 heavy (non-hydrogen) atoms. The van der Waals surface area contributed by atoms with Crippen molar-refractivity contribution in [1.82, 2.24) is 14.9 Å². The topological polar surface area (TPSA) is 78.7 Å². The second kappa shape index (κ2) is 6.78. The first-order chi connectivity index (χ1) is 9.74. The van der Waals surface area contributed by atoms with Crippen molar-refractivity contribution in [2.45, 2.75) is 26.3 Å². The van der Waals surface area contributed by atoms with Gasteiger partial charge in [0.05, 0.1) is 17.3 Å². The fraction of sp³-hybridized carbons (Fsp3) is 0.286. The van der Waals surface area contributed by atoms with Crippen LogP contribution in [0.15, 0.2) is 24.3 Å². The van der Waals surface area contributed by atoms with Gasteiger partial charge in [-0.15, -0.1) is 5.10 Å². The van der Waals surface area contributed by atoms with Crippen LogP contribution in [0, 0.1) is 11.3 Å². The van der Waals surface area contributed by atoms with E-state index < -0.39 is 0 Å². The highest BCUT2D eigenvalue weighted by molar-refractivity contribution is 7.08. The standard InChI is InChI=1S/C14H14N4OS/c1-2-3-12-13(20-18-17-12)14(19)16-9-11-6-4-10(8-15)5-7-11/h4-7H,2-3,9H2,1H3,(H,16,19). The summed E-state index contributed by atoms with van der Waals surface area (Å²) in [5, 5.41) is 15.5. The van der Waals surface area contributed by atoms with Gasteiger partial charge in [0.1, 0.15) is 4.88 Å². The summed E-state index contributed by atoms with van der Waals surface area (Å²) in [4.78, 5) is 12.6. The van der Waals surface area contributed by atoms with E-state index in [1.165, 1.54) is 0 Å².